The van der Waals surface area contributed by atoms with Crippen LogP contribution >= 0.6 is 0 Å². The number of methoxy groups -OCH3 is 2. The van der Waals surface area contributed by atoms with E-state index >= 15 is 0 Å². The maximum atomic E-state index is 11.9. The first-order valence-electron chi connectivity index (χ1n) is 7.72. The molecule has 2 rings (SSSR count). The summed E-state index contributed by atoms with van der Waals surface area (Å²) >= 11 is 0. The van der Waals surface area contributed by atoms with Gasteiger partial charge in [-0.15, -0.1) is 0 Å². The van der Waals surface area contributed by atoms with Crippen LogP contribution in [-0.2, 0) is 16.1 Å². The van der Waals surface area contributed by atoms with E-state index in [4.69, 9.17) is 19.5 Å². The van der Waals surface area contributed by atoms with E-state index in [0.29, 0.717) is 17.1 Å². The molecule has 0 spiro atoms. The first-order chi connectivity index (χ1) is 12.6. The van der Waals surface area contributed by atoms with Crippen LogP contribution in [0.25, 0.3) is 0 Å². The van der Waals surface area contributed by atoms with Gasteiger partial charge in [0.2, 0.25) is 0 Å². The zero-order valence-electron chi connectivity index (χ0n) is 14.4. The predicted molar refractivity (Wildman–Crippen MR) is 92.8 cm³/mol. The fourth-order valence-electron chi connectivity index (χ4n) is 2.14. The summed E-state index contributed by atoms with van der Waals surface area (Å²) in [4.78, 5) is 23.7. The van der Waals surface area contributed by atoms with E-state index in [1.807, 2.05) is 6.07 Å². The van der Waals surface area contributed by atoms with Crippen molar-refractivity contribution in [2.75, 3.05) is 20.8 Å². The average Bonchev–Trinajstić information content (AvgIpc) is 2.70. The van der Waals surface area contributed by atoms with E-state index < -0.39 is 18.5 Å². The molecule has 0 aromatic heterocycles. The monoisotopic (exact) mass is 354 g/mol. The molecule has 2 aromatic rings. The molecule has 134 valence electrons. The van der Waals surface area contributed by atoms with Gasteiger partial charge in [-0.05, 0) is 42.0 Å². The number of rotatable bonds is 7. The molecule has 1 amide bonds. The highest BCUT2D eigenvalue weighted by Gasteiger charge is 2.11. The molecule has 0 fully saturated rings. The molecule has 7 heteroatoms. The summed E-state index contributed by atoms with van der Waals surface area (Å²) in [6.45, 7) is -0.139. The number of nitriles is 1. The zero-order chi connectivity index (χ0) is 18.9. The second kappa shape index (κ2) is 9.08. The van der Waals surface area contributed by atoms with Crippen LogP contribution in [0.3, 0.4) is 0 Å². The second-order valence-electron chi connectivity index (χ2n) is 5.23. The van der Waals surface area contributed by atoms with Crippen molar-refractivity contribution in [1.29, 1.82) is 5.26 Å². The predicted octanol–water partition coefficient (Wildman–Crippen LogP) is 2.05. The summed E-state index contributed by atoms with van der Waals surface area (Å²) in [5, 5.41) is 11.4. The minimum atomic E-state index is -0.629. The van der Waals surface area contributed by atoms with Gasteiger partial charge in [0.15, 0.2) is 18.1 Å². The van der Waals surface area contributed by atoms with Crippen LogP contribution < -0.4 is 14.8 Å². The molecular weight excluding hydrogens is 336 g/mol. The Morgan fingerprint density at radius 2 is 1.73 bits per heavy atom. The van der Waals surface area contributed by atoms with E-state index in [0.717, 1.165) is 5.56 Å². The minimum absolute atomic E-state index is 0.258. The maximum absolute atomic E-state index is 11.9. The molecule has 0 unspecified atom stereocenters. The molecule has 0 radical (unpaired) electrons. The highest BCUT2D eigenvalue weighted by molar-refractivity contribution is 5.91. The lowest BCUT2D eigenvalue weighted by Crippen LogP contribution is -2.28. The SMILES string of the molecule is COc1ccc(CNC(=O)COC(=O)c2ccc(C#N)cc2)cc1OC. The van der Waals surface area contributed by atoms with Gasteiger partial charge in [-0.3, -0.25) is 4.79 Å². The third-order valence-corrected chi connectivity index (χ3v) is 3.52. The molecule has 7 nitrogen and oxygen atoms in total. The van der Waals surface area contributed by atoms with Crippen molar-refractivity contribution < 1.29 is 23.8 Å². The number of hydrogen-bond acceptors (Lipinski definition) is 6. The summed E-state index contributed by atoms with van der Waals surface area (Å²) in [5.74, 6) is 0.1000. The molecule has 0 aliphatic heterocycles. The highest BCUT2D eigenvalue weighted by Crippen LogP contribution is 2.27. The Morgan fingerprint density at radius 3 is 2.35 bits per heavy atom. The average molecular weight is 354 g/mol. The minimum Gasteiger partial charge on any atom is -0.493 e. The van der Waals surface area contributed by atoms with Gasteiger partial charge in [-0.2, -0.15) is 5.26 Å². The van der Waals surface area contributed by atoms with E-state index in [1.54, 1.807) is 25.3 Å². The number of nitrogens with zero attached hydrogens (tertiary/aromatic N) is 1. The molecule has 0 heterocycles. The molecule has 0 atom stereocenters. The number of nitrogens with one attached hydrogen (secondary N) is 1. The maximum Gasteiger partial charge on any atom is 0.338 e. The van der Waals surface area contributed by atoms with Crippen LogP contribution in [0.5, 0.6) is 11.5 Å². The van der Waals surface area contributed by atoms with Crippen molar-refractivity contribution in [3.63, 3.8) is 0 Å². The number of hydrogen-bond donors (Lipinski definition) is 1. The Kier molecular flexibility index (Phi) is 6.57. The molecule has 2 aromatic carbocycles. The molecule has 0 saturated carbocycles. The van der Waals surface area contributed by atoms with Crippen molar-refractivity contribution in [2.45, 2.75) is 6.54 Å². The number of amides is 1. The number of benzene rings is 2. The van der Waals surface area contributed by atoms with Crippen molar-refractivity contribution in [3.8, 4) is 17.6 Å². The van der Waals surface area contributed by atoms with Crippen molar-refractivity contribution in [2.24, 2.45) is 0 Å². The summed E-state index contributed by atoms with van der Waals surface area (Å²) in [6.07, 6.45) is 0. The van der Waals surface area contributed by atoms with Crippen LogP contribution in [0.4, 0.5) is 0 Å². The summed E-state index contributed by atoms with van der Waals surface area (Å²) in [5.41, 5.74) is 1.53. The fourth-order valence-corrected chi connectivity index (χ4v) is 2.14. The summed E-state index contributed by atoms with van der Waals surface area (Å²) in [6, 6.07) is 13.2. The van der Waals surface area contributed by atoms with Crippen LogP contribution in [0, 0.1) is 11.3 Å². The number of esters is 1. The number of carbonyl (C=O) groups excluding carboxylic acids is 2. The van der Waals surface area contributed by atoms with Gasteiger partial charge >= 0.3 is 5.97 Å². The Bertz CT molecular complexity index is 825. The molecule has 26 heavy (non-hydrogen) atoms. The Labute approximate surface area is 151 Å². The van der Waals surface area contributed by atoms with E-state index in [2.05, 4.69) is 5.32 Å². The summed E-state index contributed by atoms with van der Waals surface area (Å²) in [7, 11) is 3.07. The Balaban J connectivity index is 1.83. The Hall–Kier alpha value is -3.53. The lowest BCUT2D eigenvalue weighted by Gasteiger charge is -2.10. The van der Waals surface area contributed by atoms with Gasteiger partial charge < -0.3 is 19.5 Å². The van der Waals surface area contributed by atoms with Crippen LogP contribution in [-0.4, -0.2) is 32.7 Å². The zero-order valence-corrected chi connectivity index (χ0v) is 14.4. The highest BCUT2D eigenvalue weighted by atomic mass is 16.5. The fraction of sp³-hybridized carbons (Fsp3) is 0.211. The van der Waals surface area contributed by atoms with Gasteiger partial charge in [-0.1, -0.05) is 6.07 Å². The van der Waals surface area contributed by atoms with Gasteiger partial charge in [0.1, 0.15) is 0 Å². The van der Waals surface area contributed by atoms with E-state index in [-0.39, 0.29) is 12.1 Å². The van der Waals surface area contributed by atoms with Gasteiger partial charge in [-0.25, -0.2) is 4.79 Å². The topological polar surface area (TPSA) is 97.6 Å². The second-order valence-corrected chi connectivity index (χ2v) is 5.23. The first-order valence-corrected chi connectivity index (χ1v) is 7.72. The van der Waals surface area contributed by atoms with Gasteiger partial charge in [0, 0.05) is 6.54 Å². The van der Waals surface area contributed by atoms with Crippen LogP contribution in [0.2, 0.25) is 0 Å². The lowest BCUT2D eigenvalue weighted by molar-refractivity contribution is -0.124. The standard InChI is InChI=1S/C19H18N2O5/c1-24-16-8-5-14(9-17(16)25-2)11-21-18(22)12-26-19(23)15-6-3-13(10-20)4-7-15/h3-9H,11-12H2,1-2H3,(H,21,22). The quantitative estimate of drug-likeness (QED) is 0.764. The smallest absolute Gasteiger partial charge is 0.338 e. The Morgan fingerprint density at radius 1 is 1.04 bits per heavy atom. The molecule has 0 saturated heterocycles. The number of carbonyl (C=O) groups is 2. The molecule has 0 bridgehead atoms. The largest absolute Gasteiger partial charge is 0.493 e. The van der Waals surface area contributed by atoms with Gasteiger partial charge in [0.05, 0.1) is 31.4 Å². The van der Waals surface area contributed by atoms with Crippen molar-refractivity contribution >= 4 is 11.9 Å². The molecular formula is C19H18N2O5. The van der Waals surface area contributed by atoms with Crippen LogP contribution in [0.1, 0.15) is 21.5 Å². The van der Waals surface area contributed by atoms with E-state index in [1.165, 1.54) is 31.4 Å². The normalized spacial score (nSPS) is 9.73. The molecule has 0 aliphatic carbocycles. The molecule has 1 N–H and O–H groups in total. The van der Waals surface area contributed by atoms with Crippen molar-refractivity contribution in [1.82, 2.24) is 5.32 Å². The van der Waals surface area contributed by atoms with Gasteiger partial charge in [0.25, 0.3) is 5.91 Å². The molecule has 0 aliphatic rings. The first kappa shape index (κ1) is 18.8. The van der Waals surface area contributed by atoms with E-state index in [9.17, 15) is 9.59 Å². The summed E-state index contributed by atoms with van der Waals surface area (Å²) < 4.78 is 15.3. The third kappa shape index (κ3) is 4.98. The third-order valence-electron chi connectivity index (χ3n) is 3.52. The van der Waals surface area contributed by atoms with Crippen LogP contribution in [0.15, 0.2) is 42.5 Å². The van der Waals surface area contributed by atoms with Crippen molar-refractivity contribution in [3.05, 3.63) is 59.2 Å². The lowest BCUT2D eigenvalue weighted by atomic mass is 10.1. The number of ether oxygens (including phenoxy) is 3.